The fraction of sp³-hybridized carbons (Fsp3) is 0.357. The molecule has 8 rings (SSSR count). The molecule has 0 amide bonds. The van der Waals surface area contributed by atoms with Crippen LogP contribution < -0.4 is 22.1 Å². The van der Waals surface area contributed by atoms with Crippen LogP contribution >= 0.6 is 11.3 Å². The van der Waals surface area contributed by atoms with Crippen LogP contribution in [0.1, 0.15) is 55.1 Å². The van der Waals surface area contributed by atoms with Crippen LogP contribution in [0.15, 0.2) is 48.5 Å². The average Bonchev–Trinajstić information content (AvgIpc) is 3.83. The van der Waals surface area contributed by atoms with E-state index < -0.39 is 0 Å². The molecular formula is C28H31N13S. The molecular weight excluding hydrogens is 550 g/mol. The normalized spacial score (nSPS) is 21.4. The van der Waals surface area contributed by atoms with Gasteiger partial charge in [0.15, 0.2) is 11.3 Å². The summed E-state index contributed by atoms with van der Waals surface area (Å²) in [7, 11) is 0. The standard InChI is InChI=1S/C28H31N13S/c29-24-8-20(16-2-1-6-31-10-16)37-27-18(12-35-40(24)27)22-5-7-34-39(22)26-4-3-17(11-33-26)21-9-25(30)41-28(38-21)19(13-36-41)23-14-32-15-42-23/h5,7-9,12-17,26,31,33H,1-4,6,10-11,29-30H2. The third-order valence-electron chi connectivity index (χ3n) is 8.50. The average molecular weight is 582 g/mol. The zero-order valence-electron chi connectivity index (χ0n) is 22.9. The summed E-state index contributed by atoms with van der Waals surface area (Å²) in [5.41, 5.74) is 21.0. The van der Waals surface area contributed by atoms with E-state index in [4.69, 9.17) is 26.5 Å². The molecule has 3 unspecified atom stereocenters. The maximum atomic E-state index is 6.44. The predicted octanol–water partition coefficient (Wildman–Crippen LogP) is 3.06. The topological polar surface area (TPSA) is 167 Å². The number of nitrogens with one attached hydrogen (secondary N) is 2. The van der Waals surface area contributed by atoms with E-state index in [0.717, 1.165) is 89.7 Å². The van der Waals surface area contributed by atoms with Crippen molar-refractivity contribution < 1.29 is 0 Å². The molecule has 2 aliphatic rings. The minimum Gasteiger partial charge on any atom is -0.384 e. The van der Waals surface area contributed by atoms with Crippen LogP contribution in [0.3, 0.4) is 0 Å². The number of hydrogen-bond acceptors (Lipinski definition) is 11. The molecule has 0 saturated carbocycles. The Hall–Kier alpha value is -4.40. The maximum absolute atomic E-state index is 6.44. The molecule has 0 aliphatic carbocycles. The van der Waals surface area contributed by atoms with E-state index in [1.165, 1.54) is 0 Å². The van der Waals surface area contributed by atoms with Gasteiger partial charge < -0.3 is 16.8 Å². The van der Waals surface area contributed by atoms with Crippen LogP contribution in [0, 0.1) is 0 Å². The number of aromatic nitrogens is 9. The van der Waals surface area contributed by atoms with Crippen LogP contribution in [0.2, 0.25) is 0 Å². The van der Waals surface area contributed by atoms with Gasteiger partial charge in [-0.15, -0.1) is 11.3 Å². The van der Waals surface area contributed by atoms with Crippen molar-refractivity contribution >= 4 is 34.3 Å². The molecule has 2 aliphatic heterocycles. The van der Waals surface area contributed by atoms with E-state index in [-0.39, 0.29) is 12.1 Å². The Balaban J connectivity index is 1.06. The molecule has 0 aromatic carbocycles. The highest BCUT2D eigenvalue weighted by atomic mass is 32.1. The molecule has 13 nitrogen and oxygen atoms in total. The fourth-order valence-electron chi connectivity index (χ4n) is 6.32. The second-order valence-corrected chi connectivity index (χ2v) is 12.0. The number of nitrogens with zero attached hydrogens (tertiary/aromatic N) is 9. The number of hydrogen-bond donors (Lipinski definition) is 4. The monoisotopic (exact) mass is 581 g/mol. The number of thiazole rings is 1. The van der Waals surface area contributed by atoms with Crippen LogP contribution in [-0.4, -0.2) is 63.6 Å². The zero-order valence-corrected chi connectivity index (χ0v) is 23.7. The molecule has 0 bridgehead atoms. The number of rotatable bonds is 5. The number of fused-ring (bicyclic) bond motifs is 2. The molecule has 3 atom stereocenters. The molecule has 8 heterocycles. The molecule has 2 saturated heterocycles. The first-order chi connectivity index (χ1) is 20.6. The first-order valence-electron chi connectivity index (χ1n) is 14.3. The van der Waals surface area contributed by atoms with Gasteiger partial charge in [0.25, 0.3) is 0 Å². The molecule has 214 valence electrons. The SMILES string of the molecule is Nc1cc(C2CCC(n3nccc3-c3cnn4c(N)cc(C5CCCNC5)nc34)NC2)nc2c(-c3cncs3)cnn12. The highest BCUT2D eigenvalue weighted by molar-refractivity contribution is 7.13. The van der Waals surface area contributed by atoms with E-state index in [9.17, 15) is 0 Å². The lowest BCUT2D eigenvalue weighted by Crippen LogP contribution is -2.36. The van der Waals surface area contributed by atoms with Gasteiger partial charge in [0.1, 0.15) is 17.8 Å². The minimum absolute atomic E-state index is 0.0214. The van der Waals surface area contributed by atoms with E-state index in [1.54, 1.807) is 20.4 Å². The largest absolute Gasteiger partial charge is 0.384 e. The Morgan fingerprint density at radius 3 is 2.24 bits per heavy atom. The molecule has 6 N–H and O–H groups in total. The minimum atomic E-state index is 0.0214. The molecule has 14 heteroatoms. The van der Waals surface area contributed by atoms with Crippen molar-refractivity contribution in [1.82, 2.24) is 54.6 Å². The van der Waals surface area contributed by atoms with Crippen molar-refractivity contribution in [3.05, 3.63) is 59.9 Å². The summed E-state index contributed by atoms with van der Waals surface area (Å²) in [5.74, 6) is 1.72. The van der Waals surface area contributed by atoms with Gasteiger partial charge in [-0.05, 0) is 38.3 Å². The molecule has 0 spiro atoms. The summed E-state index contributed by atoms with van der Waals surface area (Å²) in [4.78, 5) is 15.3. The first kappa shape index (κ1) is 25.3. The molecule has 2 fully saturated rings. The van der Waals surface area contributed by atoms with Gasteiger partial charge in [0.2, 0.25) is 0 Å². The van der Waals surface area contributed by atoms with Crippen molar-refractivity contribution in [3.8, 4) is 21.7 Å². The van der Waals surface area contributed by atoms with E-state index in [1.807, 2.05) is 53.2 Å². The molecule has 0 radical (unpaired) electrons. The molecule has 42 heavy (non-hydrogen) atoms. The Bertz CT molecular complexity index is 1870. The third-order valence-corrected chi connectivity index (χ3v) is 9.31. The fourth-order valence-corrected chi connectivity index (χ4v) is 6.94. The Kier molecular flexibility index (Phi) is 6.12. The third kappa shape index (κ3) is 4.21. The van der Waals surface area contributed by atoms with Crippen LogP contribution in [0.4, 0.5) is 11.6 Å². The van der Waals surface area contributed by atoms with Crippen molar-refractivity contribution in [2.45, 2.75) is 43.7 Å². The lowest BCUT2D eigenvalue weighted by molar-refractivity contribution is 0.277. The number of anilines is 2. The van der Waals surface area contributed by atoms with Crippen LogP contribution in [0.5, 0.6) is 0 Å². The van der Waals surface area contributed by atoms with Crippen molar-refractivity contribution in [2.24, 2.45) is 0 Å². The molecule has 6 aromatic heterocycles. The molecule has 6 aromatic rings. The zero-order chi connectivity index (χ0) is 28.2. The summed E-state index contributed by atoms with van der Waals surface area (Å²) in [6.07, 6.45) is 11.4. The second kappa shape index (κ2) is 10.2. The number of nitrogens with two attached hydrogens (primary N) is 2. The van der Waals surface area contributed by atoms with Crippen LogP contribution in [0.25, 0.3) is 33.0 Å². The summed E-state index contributed by atoms with van der Waals surface area (Å²) in [6.45, 7) is 2.71. The first-order valence-corrected chi connectivity index (χ1v) is 15.2. The van der Waals surface area contributed by atoms with E-state index in [2.05, 4.69) is 25.8 Å². The Morgan fingerprint density at radius 2 is 1.57 bits per heavy atom. The highest BCUT2D eigenvalue weighted by Gasteiger charge is 2.28. The summed E-state index contributed by atoms with van der Waals surface area (Å²) in [6, 6.07) is 5.93. The van der Waals surface area contributed by atoms with Gasteiger partial charge in [-0.2, -0.15) is 24.3 Å². The van der Waals surface area contributed by atoms with Gasteiger partial charge in [0.05, 0.1) is 51.0 Å². The number of nitrogen functional groups attached to an aromatic ring is 2. The van der Waals surface area contributed by atoms with Crippen molar-refractivity contribution in [3.63, 3.8) is 0 Å². The smallest absolute Gasteiger partial charge is 0.167 e. The van der Waals surface area contributed by atoms with Crippen molar-refractivity contribution in [1.29, 1.82) is 0 Å². The van der Waals surface area contributed by atoms with Gasteiger partial charge in [0, 0.05) is 49.5 Å². The maximum Gasteiger partial charge on any atom is 0.167 e. The summed E-state index contributed by atoms with van der Waals surface area (Å²) >= 11 is 1.56. The lowest BCUT2D eigenvalue weighted by Gasteiger charge is -2.30. The van der Waals surface area contributed by atoms with Crippen molar-refractivity contribution in [2.75, 3.05) is 31.1 Å². The summed E-state index contributed by atoms with van der Waals surface area (Å²) in [5, 5.41) is 20.9. The predicted molar refractivity (Wildman–Crippen MR) is 161 cm³/mol. The summed E-state index contributed by atoms with van der Waals surface area (Å²) < 4.78 is 5.46. The van der Waals surface area contributed by atoms with Gasteiger partial charge in [-0.25, -0.2) is 14.6 Å². The Morgan fingerprint density at radius 1 is 0.833 bits per heavy atom. The number of piperidine rings is 2. The van der Waals surface area contributed by atoms with Gasteiger partial charge in [-0.3, -0.25) is 10.3 Å². The second-order valence-electron chi connectivity index (χ2n) is 11.1. The quantitative estimate of drug-likeness (QED) is 0.238. The van der Waals surface area contributed by atoms with E-state index in [0.29, 0.717) is 17.6 Å². The van der Waals surface area contributed by atoms with E-state index >= 15 is 0 Å². The highest BCUT2D eigenvalue weighted by Crippen LogP contribution is 2.35. The lowest BCUT2D eigenvalue weighted by atomic mass is 9.94. The van der Waals surface area contributed by atoms with Gasteiger partial charge in [-0.1, -0.05) is 0 Å². The Labute approximate surface area is 245 Å². The van der Waals surface area contributed by atoms with Crippen LogP contribution in [-0.2, 0) is 0 Å². The van der Waals surface area contributed by atoms with Gasteiger partial charge >= 0.3 is 0 Å².